The molecule has 1 aromatic rings. The average molecular weight is 159 g/mol. The molecule has 0 spiro atoms. The number of benzene rings is 1. The minimum absolute atomic E-state index is 0.322. The summed E-state index contributed by atoms with van der Waals surface area (Å²) in [6, 6.07) is 6.12. The maximum atomic E-state index is 12.7. The molecule has 2 heteroatoms. The van der Waals surface area contributed by atoms with Gasteiger partial charge in [0.1, 0.15) is 5.82 Å². The second-order valence-corrected chi connectivity index (χ2v) is 2.38. The first-order chi connectivity index (χ1) is 5.72. The van der Waals surface area contributed by atoms with Gasteiger partial charge < -0.3 is 0 Å². The molecule has 0 unspecified atom stereocenters. The molecule has 0 saturated carbocycles. The molecule has 0 aliphatic rings. The molecule has 0 amide bonds. The van der Waals surface area contributed by atoms with E-state index in [1.54, 1.807) is 19.1 Å². The highest BCUT2D eigenvalue weighted by atomic mass is 19.1. The molecule has 1 nitrogen and oxygen atoms in total. The quantitative estimate of drug-likeness (QED) is 0.531. The van der Waals surface area contributed by atoms with Crippen molar-refractivity contribution in [3.8, 4) is 17.9 Å². The third kappa shape index (κ3) is 2.11. The SMILES string of the molecule is Cc1cc(F)cc(C#CC#N)c1. The molecule has 0 fully saturated rings. The van der Waals surface area contributed by atoms with Gasteiger partial charge in [0.15, 0.2) is 6.07 Å². The van der Waals surface area contributed by atoms with Gasteiger partial charge in [-0.3, -0.25) is 0 Å². The number of nitriles is 1. The topological polar surface area (TPSA) is 23.8 Å². The minimum atomic E-state index is -0.322. The zero-order valence-electron chi connectivity index (χ0n) is 6.56. The van der Waals surface area contributed by atoms with Crippen molar-refractivity contribution in [1.29, 1.82) is 5.26 Å². The van der Waals surface area contributed by atoms with E-state index < -0.39 is 0 Å². The predicted octanol–water partition coefficient (Wildman–Crippen LogP) is 2.01. The molecular weight excluding hydrogens is 153 g/mol. The number of hydrogen-bond acceptors (Lipinski definition) is 1. The van der Waals surface area contributed by atoms with Gasteiger partial charge in [-0.25, -0.2) is 4.39 Å². The molecule has 0 aromatic heterocycles. The molecule has 1 aromatic carbocycles. The van der Waals surface area contributed by atoms with Crippen molar-refractivity contribution >= 4 is 0 Å². The summed E-state index contributed by atoms with van der Waals surface area (Å²) in [7, 11) is 0. The fraction of sp³-hybridized carbons (Fsp3) is 0.100. The van der Waals surface area contributed by atoms with Crippen LogP contribution in [0.15, 0.2) is 18.2 Å². The molecular formula is C10H6FN. The lowest BCUT2D eigenvalue weighted by Crippen LogP contribution is -1.81. The molecule has 0 radical (unpaired) electrons. The molecule has 12 heavy (non-hydrogen) atoms. The van der Waals surface area contributed by atoms with E-state index in [2.05, 4.69) is 11.8 Å². The van der Waals surface area contributed by atoms with Gasteiger partial charge in [0.2, 0.25) is 0 Å². The Hall–Kier alpha value is -1.80. The van der Waals surface area contributed by atoms with E-state index in [9.17, 15) is 4.39 Å². The zero-order chi connectivity index (χ0) is 8.97. The van der Waals surface area contributed by atoms with E-state index >= 15 is 0 Å². The van der Waals surface area contributed by atoms with Crippen LogP contribution >= 0.6 is 0 Å². The summed E-state index contributed by atoms with van der Waals surface area (Å²) in [6.07, 6.45) is 0. The normalized spacial score (nSPS) is 8.08. The van der Waals surface area contributed by atoms with Crippen LogP contribution in [-0.2, 0) is 0 Å². The highest BCUT2D eigenvalue weighted by molar-refractivity contribution is 5.39. The van der Waals surface area contributed by atoms with Gasteiger partial charge in [0.25, 0.3) is 0 Å². The maximum Gasteiger partial charge on any atom is 0.152 e. The summed E-state index contributed by atoms with van der Waals surface area (Å²) < 4.78 is 12.7. The van der Waals surface area contributed by atoms with Gasteiger partial charge in [-0.2, -0.15) is 5.26 Å². The maximum absolute atomic E-state index is 12.7. The highest BCUT2D eigenvalue weighted by Gasteiger charge is 1.93. The van der Waals surface area contributed by atoms with Crippen LogP contribution in [0.1, 0.15) is 11.1 Å². The Morgan fingerprint density at radius 2 is 2.08 bits per heavy atom. The molecule has 0 N–H and O–H groups in total. The third-order valence-electron chi connectivity index (χ3n) is 1.30. The second-order valence-electron chi connectivity index (χ2n) is 2.38. The van der Waals surface area contributed by atoms with Crippen molar-refractivity contribution in [3.05, 3.63) is 35.1 Å². The van der Waals surface area contributed by atoms with Gasteiger partial charge in [-0.1, -0.05) is 5.92 Å². The minimum Gasteiger partial charge on any atom is -0.207 e. The van der Waals surface area contributed by atoms with E-state index in [0.717, 1.165) is 5.56 Å². The summed E-state index contributed by atoms with van der Waals surface area (Å²) in [4.78, 5) is 0. The summed E-state index contributed by atoms with van der Waals surface area (Å²) in [6.45, 7) is 1.78. The fourth-order valence-corrected chi connectivity index (χ4v) is 0.909. The van der Waals surface area contributed by atoms with Crippen molar-refractivity contribution in [2.75, 3.05) is 0 Å². The number of hydrogen-bond donors (Lipinski definition) is 0. The summed E-state index contributed by atoms with van der Waals surface area (Å²) in [5.74, 6) is 4.41. The third-order valence-corrected chi connectivity index (χ3v) is 1.30. The van der Waals surface area contributed by atoms with Gasteiger partial charge in [-0.15, -0.1) is 0 Å². The monoisotopic (exact) mass is 159 g/mol. The molecule has 0 saturated heterocycles. The Morgan fingerprint density at radius 1 is 1.33 bits per heavy atom. The Kier molecular flexibility index (Phi) is 2.46. The molecule has 0 atom stereocenters. The standard InChI is InChI=1S/C10H6FN/c1-8-5-9(3-2-4-12)7-10(11)6-8/h5-7H,1H3. The zero-order valence-corrected chi connectivity index (χ0v) is 6.56. The fourth-order valence-electron chi connectivity index (χ4n) is 0.909. The van der Waals surface area contributed by atoms with Gasteiger partial charge in [-0.05, 0) is 30.7 Å². The molecule has 0 aliphatic heterocycles. The second kappa shape index (κ2) is 3.55. The lowest BCUT2D eigenvalue weighted by Gasteiger charge is -1.93. The predicted molar refractivity (Wildman–Crippen MR) is 43.6 cm³/mol. The Labute approximate surface area is 70.4 Å². The lowest BCUT2D eigenvalue weighted by atomic mass is 10.1. The number of rotatable bonds is 0. The van der Waals surface area contributed by atoms with Crippen LogP contribution in [0.2, 0.25) is 0 Å². The van der Waals surface area contributed by atoms with Crippen LogP contribution in [0.5, 0.6) is 0 Å². The van der Waals surface area contributed by atoms with Crippen LogP contribution in [0.4, 0.5) is 4.39 Å². The highest BCUT2D eigenvalue weighted by Crippen LogP contribution is 2.06. The van der Waals surface area contributed by atoms with Crippen molar-refractivity contribution in [2.45, 2.75) is 6.92 Å². The van der Waals surface area contributed by atoms with Crippen molar-refractivity contribution in [3.63, 3.8) is 0 Å². The Morgan fingerprint density at radius 3 is 2.67 bits per heavy atom. The van der Waals surface area contributed by atoms with Crippen LogP contribution < -0.4 is 0 Å². The van der Waals surface area contributed by atoms with Crippen molar-refractivity contribution in [1.82, 2.24) is 0 Å². The molecule has 1 rings (SSSR count). The number of nitrogens with zero attached hydrogens (tertiary/aromatic N) is 1. The van der Waals surface area contributed by atoms with Crippen LogP contribution in [0, 0.1) is 35.9 Å². The molecule has 0 heterocycles. The summed E-state index contributed by atoms with van der Waals surface area (Å²) in [5, 5.41) is 8.15. The van der Waals surface area contributed by atoms with Crippen molar-refractivity contribution < 1.29 is 4.39 Å². The van der Waals surface area contributed by atoms with Gasteiger partial charge >= 0.3 is 0 Å². The van der Waals surface area contributed by atoms with Crippen LogP contribution in [-0.4, -0.2) is 0 Å². The smallest absolute Gasteiger partial charge is 0.152 e. The lowest BCUT2D eigenvalue weighted by molar-refractivity contribution is 0.626. The summed E-state index contributed by atoms with van der Waals surface area (Å²) in [5.41, 5.74) is 1.34. The molecule has 58 valence electrons. The molecule has 0 bridgehead atoms. The van der Waals surface area contributed by atoms with E-state index in [1.807, 2.05) is 0 Å². The largest absolute Gasteiger partial charge is 0.207 e. The first kappa shape index (κ1) is 8.30. The Balaban J connectivity index is 3.11. The molecule has 0 aliphatic carbocycles. The average Bonchev–Trinajstić information content (AvgIpc) is 1.99. The number of aryl methyl sites for hydroxylation is 1. The number of halogens is 1. The first-order valence-electron chi connectivity index (χ1n) is 3.39. The van der Waals surface area contributed by atoms with E-state index in [1.165, 1.54) is 12.1 Å². The van der Waals surface area contributed by atoms with Gasteiger partial charge in [0, 0.05) is 11.5 Å². The van der Waals surface area contributed by atoms with Crippen molar-refractivity contribution in [2.24, 2.45) is 0 Å². The summed E-state index contributed by atoms with van der Waals surface area (Å²) >= 11 is 0. The van der Waals surface area contributed by atoms with E-state index in [-0.39, 0.29) is 5.82 Å². The van der Waals surface area contributed by atoms with Crippen LogP contribution in [0.3, 0.4) is 0 Å². The first-order valence-corrected chi connectivity index (χ1v) is 3.39. The van der Waals surface area contributed by atoms with E-state index in [4.69, 9.17) is 5.26 Å². The van der Waals surface area contributed by atoms with E-state index in [0.29, 0.717) is 5.56 Å². The Bertz CT molecular complexity index is 370. The van der Waals surface area contributed by atoms with Gasteiger partial charge in [0.05, 0.1) is 0 Å². The van der Waals surface area contributed by atoms with Crippen LogP contribution in [0.25, 0.3) is 0 Å².